The van der Waals surface area contributed by atoms with Gasteiger partial charge in [0.15, 0.2) is 0 Å². The van der Waals surface area contributed by atoms with E-state index in [9.17, 15) is 10.1 Å². The molecule has 0 aliphatic heterocycles. The molecule has 1 saturated carbocycles. The van der Waals surface area contributed by atoms with Gasteiger partial charge in [0.05, 0.1) is 4.92 Å². The van der Waals surface area contributed by atoms with E-state index in [2.05, 4.69) is 19.2 Å². The van der Waals surface area contributed by atoms with E-state index in [1.165, 1.54) is 6.42 Å². The number of non-ortho nitro benzene ring substituents is 1. The zero-order valence-corrected chi connectivity index (χ0v) is 10.9. The van der Waals surface area contributed by atoms with Crippen LogP contribution in [0.2, 0.25) is 0 Å². The van der Waals surface area contributed by atoms with E-state index in [1.54, 1.807) is 18.2 Å². The first kappa shape index (κ1) is 13.0. The third-order valence-electron chi connectivity index (χ3n) is 3.79. The maximum absolute atomic E-state index is 10.8. The maximum atomic E-state index is 10.8. The van der Waals surface area contributed by atoms with Crippen LogP contribution in [0.5, 0.6) is 0 Å². The third-order valence-corrected chi connectivity index (χ3v) is 3.79. The molecule has 1 aliphatic rings. The lowest BCUT2D eigenvalue weighted by atomic mass is 10.0. The predicted molar refractivity (Wildman–Crippen MR) is 71.4 cm³/mol. The van der Waals surface area contributed by atoms with Crippen LogP contribution in [-0.4, -0.2) is 11.5 Å². The third kappa shape index (κ3) is 3.07. The highest BCUT2D eigenvalue weighted by Crippen LogP contribution is 2.37. The Balaban J connectivity index is 2.01. The van der Waals surface area contributed by atoms with Crippen LogP contribution in [0.1, 0.15) is 38.3 Å². The van der Waals surface area contributed by atoms with Gasteiger partial charge in [0.25, 0.3) is 5.69 Å². The van der Waals surface area contributed by atoms with Gasteiger partial charge in [0, 0.05) is 18.2 Å². The van der Waals surface area contributed by atoms with Crippen LogP contribution in [0, 0.1) is 22.0 Å². The maximum Gasteiger partial charge on any atom is 0.269 e. The Hall–Kier alpha value is -1.42. The molecule has 0 heterocycles. The summed E-state index contributed by atoms with van der Waals surface area (Å²) in [5.41, 5.74) is 1.19. The summed E-state index contributed by atoms with van der Waals surface area (Å²) in [6.07, 6.45) is 2.25. The molecular formula is C14H20N2O2. The summed E-state index contributed by atoms with van der Waals surface area (Å²) < 4.78 is 0. The van der Waals surface area contributed by atoms with Gasteiger partial charge in [-0.05, 0) is 36.8 Å². The van der Waals surface area contributed by atoms with Crippen LogP contribution >= 0.6 is 0 Å². The SMILES string of the molecule is CCC(NCC1CC1C)c1cccc([N+](=O)[O-])c1. The molecule has 3 unspecified atom stereocenters. The number of nitro groups is 1. The van der Waals surface area contributed by atoms with Crippen molar-refractivity contribution >= 4 is 5.69 Å². The first-order valence-corrected chi connectivity index (χ1v) is 6.59. The number of nitro benzene ring substituents is 1. The van der Waals surface area contributed by atoms with Gasteiger partial charge in [-0.3, -0.25) is 10.1 Å². The average molecular weight is 248 g/mol. The van der Waals surface area contributed by atoms with E-state index < -0.39 is 0 Å². The fraction of sp³-hybridized carbons (Fsp3) is 0.571. The Labute approximate surface area is 108 Å². The second kappa shape index (κ2) is 5.48. The molecule has 0 radical (unpaired) electrons. The van der Waals surface area contributed by atoms with Gasteiger partial charge >= 0.3 is 0 Å². The number of hydrogen-bond acceptors (Lipinski definition) is 3. The van der Waals surface area contributed by atoms with Crippen molar-refractivity contribution in [3.05, 3.63) is 39.9 Å². The van der Waals surface area contributed by atoms with Gasteiger partial charge in [-0.25, -0.2) is 0 Å². The van der Waals surface area contributed by atoms with Crippen LogP contribution in [0.3, 0.4) is 0 Å². The Morgan fingerprint density at radius 2 is 2.28 bits per heavy atom. The number of hydrogen-bond donors (Lipinski definition) is 1. The summed E-state index contributed by atoms with van der Waals surface area (Å²) in [6.45, 7) is 5.38. The highest BCUT2D eigenvalue weighted by Gasteiger charge is 2.32. The van der Waals surface area contributed by atoms with Crippen molar-refractivity contribution in [2.75, 3.05) is 6.54 Å². The van der Waals surface area contributed by atoms with Gasteiger partial charge < -0.3 is 5.32 Å². The van der Waals surface area contributed by atoms with Crippen LogP contribution < -0.4 is 5.32 Å². The van der Waals surface area contributed by atoms with E-state index in [1.807, 2.05) is 6.07 Å². The second-order valence-corrected chi connectivity index (χ2v) is 5.19. The summed E-state index contributed by atoms with van der Waals surface area (Å²) >= 11 is 0. The lowest BCUT2D eigenvalue weighted by molar-refractivity contribution is -0.384. The molecule has 18 heavy (non-hydrogen) atoms. The molecule has 98 valence electrons. The molecule has 2 rings (SSSR count). The topological polar surface area (TPSA) is 55.2 Å². The van der Waals surface area contributed by atoms with Crippen molar-refractivity contribution in [1.82, 2.24) is 5.32 Å². The minimum Gasteiger partial charge on any atom is -0.310 e. The lowest BCUT2D eigenvalue weighted by Crippen LogP contribution is -2.23. The van der Waals surface area contributed by atoms with Gasteiger partial charge in [-0.2, -0.15) is 0 Å². The van der Waals surface area contributed by atoms with E-state index >= 15 is 0 Å². The van der Waals surface area contributed by atoms with Crippen molar-refractivity contribution in [2.24, 2.45) is 11.8 Å². The lowest BCUT2D eigenvalue weighted by Gasteiger charge is -2.17. The van der Waals surface area contributed by atoms with E-state index in [0.29, 0.717) is 0 Å². The smallest absolute Gasteiger partial charge is 0.269 e. The molecule has 3 atom stereocenters. The Kier molecular flexibility index (Phi) is 3.97. The highest BCUT2D eigenvalue weighted by molar-refractivity contribution is 5.35. The predicted octanol–water partition coefficient (Wildman–Crippen LogP) is 3.29. The minimum atomic E-state index is -0.334. The molecule has 1 fully saturated rings. The average Bonchev–Trinajstić information content (AvgIpc) is 3.06. The Bertz CT molecular complexity index is 434. The first-order valence-electron chi connectivity index (χ1n) is 6.59. The monoisotopic (exact) mass is 248 g/mol. The van der Waals surface area contributed by atoms with Crippen LogP contribution in [0.15, 0.2) is 24.3 Å². The van der Waals surface area contributed by atoms with Crippen LogP contribution in [0.4, 0.5) is 5.69 Å². The number of nitrogens with zero attached hydrogens (tertiary/aromatic N) is 1. The summed E-state index contributed by atoms with van der Waals surface area (Å²) in [4.78, 5) is 10.4. The van der Waals surface area contributed by atoms with E-state index in [0.717, 1.165) is 30.4 Å². The summed E-state index contributed by atoms with van der Waals surface area (Å²) in [5, 5.41) is 14.3. The van der Waals surface area contributed by atoms with Gasteiger partial charge in [0.1, 0.15) is 0 Å². The first-order chi connectivity index (χ1) is 8.61. The molecule has 1 aromatic carbocycles. The van der Waals surface area contributed by atoms with E-state index in [-0.39, 0.29) is 16.7 Å². The summed E-state index contributed by atoms with van der Waals surface area (Å²) in [7, 11) is 0. The normalized spacial score (nSPS) is 23.7. The Morgan fingerprint density at radius 3 is 2.83 bits per heavy atom. The quantitative estimate of drug-likeness (QED) is 0.620. The minimum absolute atomic E-state index is 0.174. The fourth-order valence-corrected chi connectivity index (χ4v) is 2.33. The number of nitrogens with one attached hydrogen (secondary N) is 1. The molecule has 0 saturated heterocycles. The van der Waals surface area contributed by atoms with Crippen molar-refractivity contribution in [2.45, 2.75) is 32.7 Å². The van der Waals surface area contributed by atoms with Crippen LogP contribution in [-0.2, 0) is 0 Å². The van der Waals surface area contributed by atoms with Gasteiger partial charge in [-0.15, -0.1) is 0 Å². The molecule has 0 spiro atoms. The molecule has 1 aliphatic carbocycles. The molecule has 0 bridgehead atoms. The van der Waals surface area contributed by atoms with Gasteiger partial charge in [-0.1, -0.05) is 26.0 Å². The zero-order valence-electron chi connectivity index (χ0n) is 10.9. The molecule has 0 aromatic heterocycles. The largest absolute Gasteiger partial charge is 0.310 e. The molecule has 1 aromatic rings. The standard InChI is InChI=1S/C14H20N2O2/c1-3-14(15-9-12-7-10(12)2)11-5-4-6-13(8-11)16(17)18/h4-6,8,10,12,14-15H,3,7,9H2,1-2H3. The molecule has 0 amide bonds. The molecular weight excluding hydrogens is 228 g/mol. The van der Waals surface area contributed by atoms with E-state index in [4.69, 9.17) is 0 Å². The number of benzene rings is 1. The molecule has 4 heteroatoms. The second-order valence-electron chi connectivity index (χ2n) is 5.19. The van der Waals surface area contributed by atoms with Crippen molar-refractivity contribution in [3.8, 4) is 0 Å². The summed E-state index contributed by atoms with van der Waals surface area (Å²) in [6, 6.07) is 7.16. The van der Waals surface area contributed by atoms with Crippen molar-refractivity contribution in [3.63, 3.8) is 0 Å². The zero-order chi connectivity index (χ0) is 13.1. The number of rotatable bonds is 6. The van der Waals surface area contributed by atoms with Crippen LogP contribution in [0.25, 0.3) is 0 Å². The summed E-state index contributed by atoms with van der Waals surface area (Å²) in [5.74, 6) is 1.62. The fourth-order valence-electron chi connectivity index (χ4n) is 2.33. The molecule has 4 nitrogen and oxygen atoms in total. The Morgan fingerprint density at radius 1 is 1.56 bits per heavy atom. The van der Waals surface area contributed by atoms with Crippen molar-refractivity contribution in [1.29, 1.82) is 0 Å². The molecule has 1 N–H and O–H groups in total. The van der Waals surface area contributed by atoms with Gasteiger partial charge in [0.2, 0.25) is 0 Å². The van der Waals surface area contributed by atoms with Crippen molar-refractivity contribution < 1.29 is 4.92 Å². The highest BCUT2D eigenvalue weighted by atomic mass is 16.6.